The summed E-state index contributed by atoms with van der Waals surface area (Å²) in [5, 5.41) is 11.3. The van der Waals surface area contributed by atoms with Gasteiger partial charge in [-0.05, 0) is 31.4 Å². The number of rotatable bonds is 6. The standard InChI is InChI=1S/C15H19FN2O/c1-11(15(19)18-12(2)9-10-17)7-8-13-5-3-4-6-14(13)16/h3-6,11-12H,7-9H2,1-2H3,(H,18,19). The maximum atomic E-state index is 13.4. The predicted octanol–water partition coefficient (Wildman–Crippen LogP) is 2.81. The number of halogens is 1. The molecule has 1 aromatic carbocycles. The number of hydrogen-bond donors (Lipinski definition) is 1. The van der Waals surface area contributed by atoms with E-state index in [-0.39, 0.29) is 23.7 Å². The van der Waals surface area contributed by atoms with Gasteiger partial charge in [-0.2, -0.15) is 5.26 Å². The minimum Gasteiger partial charge on any atom is -0.352 e. The molecular formula is C15H19FN2O. The van der Waals surface area contributed by atoms with Gasteiger partial charge in [-0.15, -0.1) is 0 Å². The van der Waals surface area contributed by atoms with E-state index in [0.29, 0.717) is 24.8 Å². The molecule has 0 saturated carbocycles. The van der Waals surface area contributed by atoms with Crippen molar-refractivity contribution >= 4 is 5.91 Å². The number of nitrogens with zero attached hydrogens (tertiary/aromatic N) is 1. The highest BCUT2D eigenvalue weighted by atomic mass is 19.1. The summed E-state index contributed by atoms with van der Waals surface area (Å²) in [7, 11) is 0. The lowest BCUT2D eigenvalue weighted by Gasteiger charge is -2.15. The Balaban J connectivity index is 2.43. The van der Waals surface area contributed by atoms with Crippen LogP contribution in [0.2, 0.25) is 0 Å². The Kier molecular flexibility index (Phi) is 6.01. The van der Waals surface area contributed by atoms with E-state index in [1.54, 1.807) is 25.1 Å². The normalized spacial score (nSPS) is 13.4. The maximum Gasteiger partial charge on any atom is 0.223 e. The Bertz CT molecular complexity index is 467. The first-order chi connectivity index (χ1) is 9.04. The summed E-state index contributed by atoms with van der Waals surface area (Å²) in [4.78, 5) is 11.8. The fourth-order valence-corrected chi connectivity index (χ4v) is 1.78. The summed E-state index contributed by atoms with van der Waals surface area (Å²) in [6.45, 7) is 3.61. The second kappa shape index (κ2) is 7.52. The van der Waals surface area contributed by atoms with Crippen LogP contribution < -0.4 is 5.32 Å². The quantitative estimate of drug-likeness (QED) is 0.857. The topological polar surface area (TPSA) is 52.9 Å². The molecule has 19 heavy (non-hydrogen) atoms. The molecule has 4 heteroatoms. The van der Waals surface area contributed by atoms with Crippen LogP contribution in [0.1, 0.15) is 32.3 Å². The number of nitriles is 1. The summed E-state index contributed by atoms with van der Waals surface area (Å²) in [6.07, 6.45) is 1.42. The zero-order valence-corrected chi connectivity index (χ0v) is 11.3. The molecule has 102 valence electrons. The molecule has 1 amide bonds. The van der Waals surface area contributed by atoms with E-state index in [1.807, 2.05) is 13.0 Å². The zero-order chi connectivity index (χ0) is 14.3. The number of benzene rings is 1. The smallest absolute Gasteiger partial charge is 0.223 e. The molecule has 0 saturated heterocycles. The van der Waals surface area contributed by atoms with E-state index in [4.69, 9.17) is 5.26 Å². The molecular weight excluding hydrogens is 243 g/mol. The van der Waals surface area contributed by atoms with Crippen LogP contribution in [0, 0.1) is 23.1 Å². The molecule has 0 aliphatic carbocycles. The number of carbonyl (C=O) groups is 1. The van der Waals surface area contributed by atoms with E-state index >= 15 is 0 Å². The minimum atomic E-state index is -0.229. The molecule has 0 bridgehead atoms. The molecule has 2 unspecified atom stereocenters. The van der Waals surface area contributed by atoms with Gasteiger partial charge in [-0.3, -0.25) is 4.79 Å². The Morgan fingerprint density at radius 3 is 2.74 bits per heavy atom. The zero-order valence-electron chi connectivity index (χ0n) is 11.3. The van der Waals surface area contributed by atoms with Crippen molar-refractivity contribution in [2.45, 2.75) is 39.2 Å². The lowest BCUT2D eigenvalue weighted by molar-refractivity contribution is -0.125. The number of hydrogen-bond acceptors (Lipinski definition) is 2. The van der Waals surface area contributed by atoms with Gasteiger partial charge in [-0.1, -0.05) is 25.1 Å². The van der Waals surface area contributed by atoms with Gasteiger partial charge in [0.25, 0.3) is 0 Å². The van der Waals surface area contributed by atoms with Gasteiger partial charge in [-0.25, -0.2) is 4.39 Å². The van der Waals surface area contributed by atoms with Gasteiger partial charge in [0.1, 0.15) is 5.82 Å². The third kappa shape index (κ3) is 5.09. The van der Waals surface area contributed by atoms with Crippen LogP contribution in [-0.4, -0.2) is 11.9 Å². The van der Waals surface area contributed by atoms with Gasteiger partial charge < -0.3 is 5.32 Å². The number of carbonyl (C=O) groups excluding carboxylic acids is 1. The van der Waals surface area contributed by atoms with E-state index < -0.39 is 0 Å². The second-order valence-electron chi connectivity index (χ2n) is 4.80. The summed E-state index contributed by atoms with van der Waals surface area (Å²) in [5.74, 6) is -0.507. The lowest BCUT2D eigenvalue weighted by atomic mass is 9.99. The van der Waals surface area contributed by atoms with Crippen molar-refractivity contribution in [1.82, 2.24) is 5.32 Å². The van der Waals surface area contributed by atoms with Crippen LogP contribution in [0.25, 0.3) is 0 Å². The lowest BCUT2D eigenvalue weighted by Crippen LogP contribution is -2.36. The number of amides is 1. The average molecular weight is 262 g/mol. The number of nitrogens with one attached hydrogen (secondary N) is 1. The highest BCUT2D eigenvalue weighted by Gasteiger charge is 2.15. The van der Waals surface area contributed by atoms with Gasteiger partial charge in [0.15, 0.2) is 0 Å². The Morgan fingerprint density at radius 1 is 1.42 bits per heavy atom. The Hall–Kier alpha value is -1.89. The molecule has 0 aromatic heterocycles. The number of aryl methyl sites for hydroxylation is 1. The molecule has 0 spiro atoms. The van der Waals surface area contributed by atoms with Gasteiger partial charge in [0.2, 0.25) is 5.91 Å². The molecule has 1 N–H and O–H groups in total. The Labute approximate surface area is 113 Å². The molecule has 0 heterocycles. The third-order valence-corrected chi connectivity index (χ3v) is 3.04. The second-order valence-corrected chi connectivity index (χ2v) is 4.80. The molecule has 0 fully saturated rings. The maximum absolute atomic E-state index is 13.4. The van der Waals surface area contributed by atoms with E-state index in [1.165, 1.54) is 6.07 Å². The fourth-order valence-electron chi connectivity index (χ4n) is 1.78. The molecule has 0 radical (unpaired) electrons. The van der Waals surface area contributed by atoms with Crippen LogP contribution >= 0.6 is 0 Å². The highest BCUT2D eigenvalue weighted by molar-refractivity contribution is 5.78. The van der Waals surface area contributed by atoms with Crippen LogP contribution in [-0.2, 0) is 11.2 Å². The van der Waals surface area contributed by atoms with Crippen molar-refractivity contribution in [2.75, 3.05) is 0 Å². The molecule has 2 atom stereocenters. The summed E-state index contributed by atoms with van der Waals surface area (Å²) < 4.78 is 13.4. The van der Waals surface area contributed by atoms with Gasteiger partial charge in [0, 0.05) is 12.0 Å². The molecule has 0 aliphatic heterocycles. The van der Waals surface area contributed by atoms with Crippen LogP contribution in [0.15, 0.2) is 24.3 Å². The fraction of sp³-hybridized carbons (Fsp3) is 0.467. The van der Waals surface area contributed by atoms with E-state index in [2.05, 4.69) is 5.32 Å². The first-order valence-corrected chi connectivity index (χ1v) is 6.45. The van der Waals surface area contributed by atoms with Gasteiger partial charge in [0.05, 0.1) is 12.5 Å². The monoisotopic (exact) mass is 262 g/mol. The minimum absolute atomic E-state index is 0.0842. The largest absolute Gasteiger partial charge is 0.352 e. The van der Waals surface area contributed by atoms with E-state index in [9.17, 15) is 9.18 Å². The Morgan fingerprint density at radius 2 is 2.11 bits per heavy atom. The first kappa shape index (κ1) is 15.2. The average Bonchev–Trinajstić information content (AvgIpc) is 2.37. The third-order valence-electron chi connectivity index (χ3n) is 3.04. The summed E-state index contributed by atoms with van der Waals surface area (Å²) in [6, 6.07) is 8.47. The summed E-state index contributed by atoms with van der Waals surface area (Å²) >= 11 is 0. The molecule has 0 aliphatic rings. The van der Waals surface area contributed by atoms with Crippen molar-refractivity contribution < 1.29 is 9.18 Å². The molecule has 1 aromatic rings. The van der Waals surface area contributed by atoms with Crippen molar-refractivity contribution in [3.63, 3.8) is 0 Å². The summed E-state index contributed by atoms with van der Waals surface area (Å²) in [5.41, 5.74) is 0.632. The molecule has 1 rings (SSSR count). The first-order valence-electron chi connectivity index (χ1n) is 6.45. The van der Waals surface area contributed by atoms with Crippen molar-refractivity contribution in [3.05, 3.63) is 35.6 Å². The SMILES string of the molecule is CC(CC#N)NC(=O)C(C)CCc1ccccc1F. The van der Waals surface area contributed by atoms with Crippen LogP contribution in [0.3, 0.4) is 0 Å². The van der Waals surface area contributed by atoms with Gasteiger partial charge >= 0.3 is 0 Å². The van der Waals surface area contributed by atoms with E-state index in [0.717, 1.165) is 0 Å². The van der Waals surface area contributed by atoms with Crippen molar-refractivity contribution in [3.8, 4) is 6.07 Å². The van der Waals surface area contributed by atoms with Crippen LogP contribution in [0.5, 0.6) is 0 Å². The molecule has 3 nitrogen and oxygen atoms in total. The van der Waals surface area contributed by atoms with Crippen molar-refractivity contribution in [1.29, 1.82) is 5.26 Å². The predicted molar refractivity (Wildman–Crippen MR) is 71.7 cm³/mol. The highest BCUT2D eigenvalue weighted by Crippen LogP contribution is 2.13. The van der Waals surface area contributed by atoms with Crippen molar-refractivity contribution in [2.24, 2.45) is 5.92 Å². The van der Waals surface area contributed by atoms with Crippen LogP contribution in [0.4, 0.5) is 4.39 Å².